The SMILES string of the molecule is CCC/C=C/NN=NC. The van der Waals surface area contributed by atoms with E-state index in [4.69, 9.17) is 0 Å². The van der Waals surface area contributed by atoms with Crippen molar-refractivity contribution < 1.29 is 0 Å². The molecule has 0 bridgehead atoms. The first kappa shape index (κ1) is 8.14. The van der Waals surface area contributed by atoms with Crippen molar-refractivity contribution in [3.8, 4) is 0 Å². The molecule has 0 saturated heterocycles. The molecule has 0 aliphatic heterocycles. The van der Waals surface area contributed by atoms with Crippen molar-refractivity contribution in [1.29, 1.82) is 0 Å². The normalized spacial score (nSPS) is 11.3. The zero-order valence-corrected chi connectivity index (χ0v) is 5.96. The van der Waals surface area contributed by atoms with E-state index in [1.54, 1.807) is 13.2 Å². The second-order valence-corrected chi connectivity index (χ2v) is 1.62. The molecule has 0 rings (SSSR count). The maximum atomic E-state index is 3.53. The Kier molecular flexibility index (Phi) is 6.46. The first-order valence-electron chi connectivity index (χ1n) is 3.11. The van der Waals surface area contributed by atoms with E-state index >= 15 is 0 Å². The number of hydrogen-bond acceptors (Lipinski definition) is 2. The van der Waals surface area contributed by atoms with Crippen LogP contribution in [0, 0.1) is 0 Å². The average molecular weight is 127 g/mol. The lowest BCUT2D eigenvalue weighted by molar-refractivity contribution is 0.841. The molecule has 0 fully saturated rings. The lowest BCUT2D eigenvalue weighted by Crippen LogP contribution is -1.89. The average Bonchev–Trinajstić information content (AvgIpc) is 1.89. The summed E-state index contributed by atoms with van der Waals surface area (Å²) in [4.78, 5) is 0. The van der Waals surface area contributed by atoms with Gasteiger partial charge in [-0.15, -0.1) is 0 Å². The zero-order chi connectivity index (χ0) is 6.95. The highest BCUT2D eigenvalue weighted by molar-refractivity contribution is 4.76. The van der Waals surface area contributed by atoms with Gasteiger partial charge in [-0.25, -0.2) is 0 Å². The first-order valence-corrected chi connectivity index (χ1v) is 3.11. The number of allylic oxidation sites excluding steroid dienone is 1. The van der Waals surface area contributed by atoms with Gasteiger partial charge in [-0.3, -0.25) is 5.43 Å². The largest absolute Gasteiger partial charge is 0.268 e. The van der Waals surface area contributed by atoms with Gasteiger partial charge in [0.05, 0.1) is 7.05 Å². The molecule has 0 saturated carbocycles. The van der Waals surface area contributed by atoms with E-state index in [0.29, 0.717) is 0 Å². The Bertz CT molecular complexity index is 96.5. The van der Waals surface area contributed by atoms with Gasteiger partial charge >= 0.3 is 0 Å². The molecule has 3 nitrogen and oxygen atoms in total. The van der Waals surface area contributed by atoms with Crippen LogP contribution in [-0.4, -0.2) is 7.05 Å². The fourth-order valence-corrected chi connectivity index (χ4v) is 0.394. The smallest absolute Gasteiger partial charge is 0.0509 e. The molecule has 0 atom stereocenters. The molecular weight excluding hydrogens is 114 g/mol. The Morgan fingerprint density at radius 2 is 2.33 bits per heavy atom. The van der Waals surface area contributed by atoms with Crippen LogP contribution >= 0.6 is 0 Å². The Balaban J connectivity index is 3.04. The fourth-order valence-electron chi connectivity index (χ4n) is 0.394. The van der Waals surface area contributed by atoms with Gasteiger partial charge in [0, 0.05) is 6.20 Å². The van der Waals surface area contributed by atoms with Crippen LogP contribution in [0.5, 0.6) is 0 Å². The molecule has 0 aromatic carbocycles. The Labute approximate surface area is 55.8 Å². The predicted octanol–water partition coefficient (Wildman–Crippen LogP) is 1.89. The van der Waals surface area contributed by atoms with Crippen LogP contribution in [0.15, 0.2) is 22.6 Å². The molecule has 52 valence electrons. The lowest BCUT2D eigenvalue weighted by Gasteiger charge is -1.84. The van der Waals surface area contributed by atoms with Gasteiger partial charge in [0.25, 0.3) is 0 Å². The number of nitrogens with zero attached hydrogens (tertiary/aromatic N) is 2. The second-order valence-electron chi connectivity index (χ2n) is 1.62. The van der Waals surface area contributed by atoms with Crippen molar-refractivity contribution in [2.75, 3.05) is 7.05 Å². The molecule has 0 aromatic rings. The molecule has 3 heteroatoms. The van der Waals surface area contributed by atoms with Gasteiger partial charge in [-0.1, -0.05) is 24.6 Å². The summed E-state index contributed by atoms with van der Waals surface area (Å²) in [5, 5.41) is 7.03. The van der Waals surface area contributed by atoms with Crippen LogP contribution in [-0.2, 0) is 0 Å². The van der Waals surface area contributed by atoms with Crippen molar-refractivity contribution >= 4 is 0 Å². The minimum absolute atomic E-state index is 1.09. The minimum atomic E-state index is 1.09. The van der Waals surface area contributed by atoms with E-state index in [1.807, 2.05) is 6.08 Å². The summed E-state index contributed by atoms with van der Waals surface area (Å²) in [5.41, 5.74) is 2.65. The zero-order valence-electron chi connectivity index (χ0n) is 5.96. The summed E-state index contributed by atoms with van der Waals surface area (Å²) in [7, 11) is 1.63. The summed E-state index contributed by atoms with van der Waals surface area (Å²) in [5.74, 6) is 0. The van der Waals surface area contributed by atoms with Crippen LogP contribution in [0.3, 0.4) is 0 Å². The molecule has 1 N–H and O–H groups in total. The Morgan fingerprint density at radius 3 is 2.89 bits per heavy atom. The number of nitrogens with one attached hydrogen (secondary N) is 1. The number of rotatable bonds is 4. The molecule has 0 aromatic heterocycles. The van der Waals surface area contributed by atoms with Crippen molar-refractivity contribution in [2.45, 2.75) is 19.8 Å². The highest BCUT2D eigenvalue weighted by Crippen LogP contribution is 1.85. The standard InChI is InChI=1S/C6H13N3/c1-3-4-5-6-8-9-7-2/h5-6H,3-4H2,1-2H3,(H,7,8)/b6-5+. The van der Waals surface area contributed by atoms with E-state index < -0.39 is 0 Å². The maximum Gasteiger partial charge on any atom is 0.0509 e. The van der Waals surface area contributed by atoms with E-state index in [-0.39, 0.29) is 0 Å². The molecule has 0 radical (unpaired) electrons. The summed E-state index contributed by atoms with van der Waals surface area (Å²) in [6.45, 7) is 2.13. The molecule has 0 amide bonds. The fraction of sp³-hybridized carbons (Fsp3) is 0.667. The highest BCUT2D eigenvalue weighted by Gasteiger charge is 1.69. The van der Waals surface area contributed by atoms with E-state index in [2.05, 4.69) is 22.7 Å². The van der Waals surface area contributed by atoms with Crippen molar-refractivity contribution in [1.82, 2.24) is 5.43 Å². The number of unbranched alkanes of at least 4 members (excludes halogenated alkanes) is 1. The third kappa shape index (κ3) is 7.14. The molecule has 0 heterocycles. The Hall–Kier alpha value is -0.860. The van der Waals surface area contributed by atoms with Crippen LogP contribution in [0.2, 0.25) is 0 Å². The van der Waals surface area contributed by atoms with Crippen LogP contribution in [0.25, 0.3) is 0 Å². The monoisotopic (exact) mass is 127 g/mol. The summed E-state index contributed by atoms with van der Waals surface area (Å²) >= 11 is 0. The quantitative estimate of drug-likeness (QED) is 0.454. The summed E-state index contributed by atoms with van der Waals surface area (Å²) < 4.78 is 0. The van der Waals surface area contributed by atoms with E-state index in [9.17, 15) is 0 Å². The van der Waals surface area contributed by atoms with Gasteiger partial charge in [0.1, 0.15) is 0 Å². The summed E-state index contributed by atoms with van der Waals surface area (Å²) in [6.07, 6.45) is 6.07. The van der Waals surface area contributed by atoms with Crippen molar-refractivity contribution in [2.24, 2.45) is 10.3 Å². The highest BCUT2D eigenvalue weighted by atomic mass is 15.4. The molecular formula is C6H13N3. The van der Waals surface area contributed by atoms with Gasteiger partial charge < -0.3 is 0 Å². The number of hydrogen-bond donors (Lipinski definition) is 1. The third-order valence-electron chi connectivity index (χ3n) is 0.805. The lowest BCUT2D eigenvalue weighted by atomic mass is 10.3. The van der Waals surface area contributed by atoms with E-state index in [1.165, 1.54) is 6.42 Å². The van der Waals surface area contributed by atoms with Gasteiger partial charge in [0.2, 0.25) is 0 Å². The van der Waals surface area contributed by atoms with Crippen molar-refractivity contribution in [3.05, 3.63) is 12.3 Å². The summed E-state index contributed by atoms with van der Waals surface area (Å²) in [6, 6.07) is 0. The molecule has 0 aliphatic carbocycles. The van der Waals surface area contributed by atoms with E-state index in [0.717, 1.165) is 6.42 Å². The first-order chi connectivity index (χ1) is 4.41. The third-order valence-corrected chi connectivity index (χ3v) is 0.805. The molecule has 0 spiro atoms. The van der Waals surface area contributed by atoms with Crippen LogP contribution in [0.4, 0.5) is 0 Å². The minimum Gasteiger partial charge on any atom is -0.268 e. The maximum absolute atomic E-state index is 3.53. The molecule has 0 unspecified atom stereocenters. The second kappa shape index (κ2) is 7.14. The van der Waals surface area contributed by atoms with Gasteiger partial charge in [-0.2, -0.15) is 5.11 Å². The molecule has 9 heavy (non-hydrogen) atoms. The van der Waals surface area contributed by atoms with Crippen LogP contribution in [0.1, 0.15) is 19.8 Å². The van der Waals surface area contributed by atoms with Gasteiger partial charge in [-0.05, 0) is 6.42 Å². The van der Waals surface area contributed by atoms with Gasteiger partial charge in [0.15, 0.2) is 0 Å². The predicted molar refractivity (Wildman–Crippen MR) is 38.0 cm³/mol. The molecule has 0 aliphatic rings. The Morgan fingerprint density at radius 1 is 1.56 bits per heavy atom. The topological polar surface area (TPSA) is 36.8 Å². The van der Waals surface area contributed by atoms with Crippen LogP contribution < -0.4 is 5.43 Å². The van der Waals surface area contributed by atoms with Crippen molar-refractivity contribution in [3.63, 3.8) is 0 Å².